The summed E-state index contributed by atoms with van der Waals surface area (Å²) in [4.78, 5) is 43.2. The van der Waals surface area contributed by atoms with Crippen molar-refractivity contribution in [2.75, 3.05) is 38.0 Å². The van der Waals surface area contributed by atoms with E-state index in [9.17, 15) is 9.59 Å². The van der Waals surface area contributed by atoms with Gasteiger partial charge in [-0.3, -0.25) is 14.3 Å². The second-order valence-electron chi connectivity index (χ2n) is 14.0. The monoisotopic (exact) mass is 651 g/mol. The highest BCUT2D eigenvalue weighted by Gasteiger charge is 2.30. The van der Waals surface area contributed by atoms with Crippen LogP contribution >= 0.6 is 0 Å². The number of H-pyrrole nitrogens is 1. The summed E-state index contributed by atoms with van der Waals surface area (Å²) in [7, 11) is 0. The van der Waals surface area contributed by atoms with E-state index >= 15 is 0 Å². The molecule has 4 aromatic rings. The summed E-state index contributed by atoms with van der Waals surface area (Å²) in [5.41, 5.74) is 10.9. The van der Waals surface area contributed by atoms with E-state index in [1.165, 1.54) is 5.56 Å². The smallest absolute Gasteiger partial charge is 0.350 e. The van der Waals surface area contributed by atoms with Crippen molar-refractivity contribution in [3.8, 4) is 11.5 Å². The van der Waals surface area contributed by atoms with E-state index in [1.54, 1.807) is 17.1 Å². The zero-order valence-electron chi connectivity index (χ0n) is 27.4. The van der Waals surface area contributed by atoms with E-state index in [2.05, 4.69) is 65.7 Å². The molecule has 2 aromatic heterocycles. The first-order valence-corrected chi connectivity index (χ1v) is 17.6. The number of likely N-dealkylation sites (tertiary alicyclic amines) is 1. The number of imidazole rings is 1. The zero-order chi connectivity index (χ0) is 32.6. The number of aromatic nitrogens is 4. The molecular weight excluding hydrogens is 606 g/mol. The Balaban J connectivity index is 0.900. The standard InChI is InChI=1S/C36H45N9O3/c37-26-3-5-27(6-4-26)45-20-33-35(42-36(45)47)41-31-18-25(2-8-32(31)48-33)24-11-15-43(16-12-24)21-34(46)44(28-9-13-38-14-10-28)19-23-1-7-29-30(17-23)40-22-39-29/h1-2,7-8,17-18,20,22,24,26-28,38H,3-6,9-16,19,21,37H2,(H,39,40)(H,41,42,47)/t26-,27-. The van der Waals surface area contributed by atoms with Crippen molar-refractivity contribution in [2.24, 2.45) is 5.73 Å². The molecule has 1 amide bonds. The number of hydrogen-bond donors (Lipinski definition) is 4. The van der Waals surface area contributed by atoms with E-state index in [0.717, 1.165) is 106 Å². The van der Waals surface area contributed by atoms with Crippen LogP contribution in [0.4, 0.5) is 11.5 Å². The topological polar surface area (TPSA) is 146 Å². The first-order chi connectivity index (χ1) is 23.5. The summed E-state index contributed by atoms with van der Waals surface area (Å²) in [6.07, 6.45) is 11.0. The lowest BCUT2D eigenvalue weighted by molar-refractivity contribution is -0.136. The average Bonchev–Trinajstić information content (AvgIpc) is 3.58. The minimum atomic E-state index is -0.260. The van der Waals surface area contributed by atoms with Gasteiger partial charge in [0, 0.05) is 24.7 Å². The molecule has 3 fully saturated rings. The third-order valence-electron chi connectivity index (χ3n) is 10.9. The molecule has 3 aliphatic heterocycles. The fraction of sp³-hybridized carbons (Fsp3) is 0.500. The lowest BCUT2D eigenvalue weighted by Gasteiger charge is -2.38. The molecule has 4 aliphatic rings. The number of amides is 1. The van der Waals surface area contributed by atoms with E-state index in [0.29, 0.717) is 30.6 Å². The van der Waals surface area contributed by atoms with E-state index in [-0.39, 0.29) is 29.7 Å². The molecule has 48 heavy (non-hydrogen) atoms. The molecule has 0 bridgehead atoms. The number of carbonyl (C=O) groups is 1. The van der Waals surface area contributed by atoms with Crippen LogP contribution in [-0.2, 0) is 11.3 Å². The van der Waals surface area contributed by atoms with Crippen molar-refractivity contribution in [1.82, 2.24) is 34.6 Å². The fourth-order valence-electron chi connectivity index (χ4n) is 8.01. The molecule has 0 spiro atoms. The van der Waals surface area contributed by atoms with Crippen molar-refractivity contribution in [3.05, 3.63) is 70.5 Å². The van der Waals surface area contributed by atoms with Crippen LogP contribution in [0, 0.1) is 0 Å². The van der Waals surface area contributed by atoms with Crippen LogP contribution in [0.2, 0.25) is 0 Å². The Kier molecular flexibility index (Phi) is 8.62. The van der Waals surface area contributed by atoms with Gasteiger partial charge in [-0.2, -0.15) is 4.98 Å². The number of carbonyl (C=O) groups excluding carboxylic acids is 1. The van der Waals surface area contributed by atoms with Gasteiger partial charge < -0.3 is 31.0 Å². The molecule has 2 saturated heterocycles. The molecule has 0 atom stereocenters. The van der Waals surface area contributed by atoms with E-state index < -0.39 is 0 Å². The molecule has 1 aliphatic carbocycles. The number of fused-ring (bicyclic) bond motifs is 3. The largest absolute Gasteiger partial charge is 0.450 e. The normalized spacial score (nSPS) is 22.0. The summed E-state index contributed by atoms with van der Waals surface area (Å²) in [6, 6.07) is 13.1. The van der Waals surface area contributed by atoms with Gasteiger partial charge in [-0.25, -0.2) is 9.78 Å². The van der Waals surface area contributed by atoms with Gasteiger partial charge in [0.1, 0.15) is 0 Å². The maximum Gasteiger partial charge on any atom is 0.350 e. The molecule has 12 heteroatoms. The number of benzene rings is 2. The fourth-order valence-corrected chi connectivity index (χ4v) is 8.01. The van der Waals surface area contributed by atoms with Gasteiger partial charge in [0.2, 0.25) is 5.91 Å². The highest BCUT2D eigenvalue weighted by Crippen LogP contribution is 2.43. The van der Waals surface area contributed by atoms with Crippen LogP contribution in [0.3, 0.4) is 0 Å². The molecule has 2 aromatic carbocycles. The van der Waals surface area contributed by atoms with Crippen LogP contribution in [0.1, 0.15) is 74.5 Å². The van der Waals surface area contributed by atoms with Crippen LogP contribution < -0.4 is 26.8 Å². The molecule has 12 nitrogen and oxygen atoms in total. The van der Waals surface area contributed by atoms with Crippen molar-refractivity contribution >= 4 is 28.4 Å². The van der Waals surface area contributed by atoms with Crippen molar-refractivity contribution in [2.45, 2.75) is 82.0 Å². The molecule has 5 N–H and O–H groups in total. The van der Waals surface area contributed by atoms with E-state index in [4.69, 9.17) is 10.5 Å². The zero-order valence-corrected chi connectivity index (χ0v) is 27.4. The predicted octanol–water partition coefficient (Wildman–Crippen LogP) is 4.37. The highest BCUT2D eigenvalue weighted by atomic mass is 16.5. The molecule has 5 heterocycles. The van der Waals surface area contributed by atoms with Gasteiger partial charge in [-0.1, -0.05) is 12.1 Å². The third kappa shape index (κ3) is 6.44. The number of piperidine rings is 2. The molecule has 252 valence electrons. The van der Waals surface area contributed by atoms with Gasteiger partial charge in [-0.05, 0) is 119 Å². The minimum Gasteiger partial charge on any atom is -0.450 e. The number of nitrogens with one attached hydrogen (secondary N) is 3. The van der Waals surface area contributed by atoms with Crippen LogP contribution in [0.5, 0.6) is 11.5 Å². The number of nitrogens with two attached hydrogens (primary N) is 1. The lowest BCUT2D eigenvalue weighted by atomic mass is 9.89. The quantitative estimate of drug-likeness (QED) is 0.202. The maximum absolute atomic E-state index is 13.9. The first kappa shape index (κ1) is 31.0. The Morgan fingerprint density at radius 1 is 0.979 bits per heavy atom. The van der Waals surface area contributed by atoms with Crippen molar-refractivity contribution < 1.29 is 9.53 Å². The number of hydrogen-bond acceptors (Lipinski definition) is 9. The second kappa shape index (κ2) is 13.3. The van der Waals surface area contributed by atoms with E-state index in [1.807, 2.05) is 6.07 Å². The van der Waals surface area contributed by atoms with Gasteiger partial charge in [0.05, 0.1) is 35.8 Å². The second-order valence-corrected chi connectivity index (χ2v) is 14.0. The molecule has 1 saturated carbocycles. The summed E-state index contributed by atoms with van der Waals surface area (Å²) >= 11 is 0. The molecular formula is C36H45N9O3. The van der Waals surface area contributed by atoms with Crippen LogP contribution in [-0.4, -0.2) is 80.0 Å². The maximum atomic E-state index is 13.9. The van der Waals surface area contributed by atoms with Gasteiger partial charge in [0.15, 0.2) is 17.3 Å². The number of anilines is 2. The SMILES string of the molecule is N[C@H]1CC[C@H](n2cc3c(nc2=O)Nc2cc(C4CCN(CC(=O)N(Cc5ccc6[nH]cnc6c5)C5CCNCC5)CC4)ccc2O3)CC1. The van der Waals surface area contributed by atoms with Gasteiger partial charge >= 0.3 is 5.69 Å². The average molecular weight is 652 g/mol. The Labute approximate surface area is 280 Å². The Morgan fingerprint density at radius 3 is 2.60 bits per heavy atom. The number of rotatable bonds is 7. The predicted molar refractivity (Wildman–Crippen MR) is 185 cm³/mol. The third-order valence-corrected chi connectivity index (χ3v) is 10.9. The van der Waals surface area contributed by atoms with Crippen LogP contribution in [0.15, 0.2) is 53.7 Å². The number of aromatic amines is 1. The minimum absolute atomic E-state index is 0.105. The summed E-state index contributed by atoms with van der Waals surface area (Å²) in [5, 5.41) is 6.80. The van der Waals surface area contributed by atoms with Crippen molar-refractivity contribution in [3.63, 3.8) is 0 Å². The van der Waals surface area contributed by atoms with Crippen LogP contribution in [0.25, 0.3) is 11.0 Å². The molecule has 0 unspecified atom stereocenters. The lowest BCUT2D eigenvalue weighted by Crippen LogP contribution is -2.49. The summed E-state index contributed by atoms with van der Waals surface area (Å²) in [5.74, 6) is 2.35. The van der Waals surface area contributed by atoms with Crippen molar-refractivity contribution in [1.29, 1.82) is 0 Å². The highest BCUT2D eigenvalue weighted by molar-refractivity contribution is 5.79. The summed E-state index contributed by atoms with van der Waals surface area (Å²) < 4.78 is 7.97. The number of nitrogens with zero attached hydrogens (tertiary/aromatic N) is 5. The Hall–Kier alpha value is -4.26. The first-order valence-electron chi connectivity index (χ1n) is 17.6. The van der Waals surface area contributed by atoms with Gasteiger partial charge in [0.25, 0.3) is 0 Å². The Morgan fingerprint density at radius 2 is 1.79 bits per heavy atom. The van der Waals surface area contributed by atoms with Gasteiger partial charge in [-0.15, -0.1) is 0 Å². The molecule has 8 rings (SSSR count). The summed E-state index contributed by atoms with van der Waals surface area (Å²) in [6.45, 7) is 4.66. The molecule has 0 radical (unpaired) electrons. The number of ether oxygens (including phenoxy) is 1. The Bertz CT molecular complexity index is 1830.